The van der Waals surface area contributed by atoms with Crippen molar-refractivity contribution in [3.8, 4) is 0 Å². The lowest BCUT2D eigenvalue weighted by Crippen LogP contribution is -2.17. The smallest absolute Gasteiger partial charge is 0.136 e. The van der Waals surface area contributed by atoms with Crippen LogP contribution in [0.4, 0.5) is 0 Å². The van der Waals surface area contributed by atoms with Gasteiger partial charge in [-0.25, -0.2) is 0 Å². The van der Waals surface area contributed by atoms with Crippen molar-refractivity contribution in [2.24, 2.45) is 23.7 Å². The molecule has 1 fully saturated rings. The lowest BCUT2D eigenvalue weighted by atomic mass is 9.85. The Morgan fingerprint density at radius 2 is 2.25 bits per heavy atom. The minimum Gasteiger partial charge on any atom is -0.299 e. The normalized spacial score (nSPS) is 27.4. The molecule has 2 heteroatoms. The van der Waals surface area contributed by atoms with Crippen molar-refractivity contribution in [1.29, 1.82) is 0 Å². The molecule has 1 aliphatic rings. The molecule has 0 amide bonds. The van der Waals surface area contributed by atoms with Gasteiger partial charge in [-0.15, -0.1) is 6.58 Å². The van der Waals surface area contributed by atoms with Gasteiger partial charge in [-0.3, -0.25) is 4.79 Å². The number of alkyl halides is 1. The minimum atomic E-state index is 0.262. The van der Waals surface area contributed by atoms with E-state index in [4.69, 9.17) is 0 Å². The molecule has 0 aromatic rings. The van der Waals surface area contributed by atoms with Gasteiger partial charge >= 0.3 is 0 Å². The van der Waals surface area contributed by atoms with E-state index in [2.05, 4.69) is 36.4 Å². The highest BCUT2D eigenvalue weighted by atomic mass is 79.9. The Morgan fingerprint density at radius 3 is 2.75 bits per heavy atom. The summed E-state index contributed by atoms with van der Waals surface area (Å²) < 4.78 is 0. The van der Waals surface area contributed by atoms with Crippen LogP contribution in [0.5, 0.6) is 0 Å². The highest BCUT2D eigenvalue weighted by Gasteiger charge is 2.32. The molecule has 1 saturated carbocycles. The first-order chi connectivity index (χ1) is 7.60. The van der Waals surface area contributed by atoms with Crippen LogP contribution in [-0.4, -0.2) is 11.1 Å². The van der Waals surface area contributed by atoms with Crippen molar-refractivity contribution in [2.45, 2.75) is 39.5 Å². The van der Waals surface area contributed by atoms with Gasteiger partial charge in [-0.2, -0.15) is 0 Å². The van der Waals surface area contributed by atoms with Gasteiger partial charge in [-0.05, 0) is 37.0 Å². The predicted octanol–water partition coefficient (Wildman–Crippen LogP) is 4.22. The number of halogens is 1. The molecule has 1 rings (SSSR count). The van der Waals surface area contributed by atoms with Crippen LogP contribution in [0, 0.1) is 23.7 Å². The summed E-state index contributed by atoms with van der Waals surface area (Å²) in [4.78, 5) is 11.8. The zero-order valence-electron chi connectivity index (χ0n) is 10.4. The fraction of sp³-hybridized carbons (Fsp3) is 0.786. The Balaban J connectivity index is 2.46. The topological polar surface area (TPSA) is 17.1 Å². The summed E-state index contributed by atoms with van der Waals surface area (Å²) in [6, 6.07) is 0. The van der Waals surface area contributed by atoms with Crippen LogP contribution in [0.2, 0.25) is 0 Å². The second-order valence-electron chi connectivity index (χ2n) is 5.25. The number of allylic oxidation sites excluding steroid dienone is 1. The van der Waals surface area contributed by atoms with E-state index in [1.54, 1.807) is 0 Å². The average Bonchev–Trinajstić information content (AvgIpc) is 2.60. The van der Waals surface area contributed by atoms with Gasteiger partial charge in [-0.1, -0.05) is 35.9 Å². The highest BCUT2D eigenvalue weighted by Crippen LogP contribution is 2.34. The SMILES string of the molecule is C=C[C@H]1CCC(=O)[C@@H]1CCC(CBr)C(C)C. The van der Waals surface area contributed by atoms with E-state index in [1.165, 1.54) is 0 Å². The van der Waals surface area contributed by atoms with Crippen LogP contribution in [0.3, 0.4) is 0 Å². The largest absolute Gasteiger partial charge is 0.299 e. The van der Waals surface area contributed by atoms with E-state index < -0.39 is 0 Å². The Kier molecular flexibility index (Phi) is 5.74. The summed E-state index contributed by atoms with van der Waals surface area (Å²) >= 11 is 3.57. The van der Waals surface area contributed by atoms with Crippen molar-refractivity contribution < 1.29 is 4.79 Å². The molecule has 16 heavy (non-hydrogen) atoms. The summed E-state index contributed by atoms with van der Waals surface area (Å²) in [7, 11) is 0. The molecule has 1 aliphatic carbocycles. The van der Waals surface area contributed by atoms with Crippen molar-refractivity contribution in [3.63, 3.8) is 0 Å². The summed E-state index contributed by atoms with van der Waals surface area (Å²) in [5.41, 5.74) is 0. The third-order valence-electron chi connectivity index (χ3n) is 3.95. The lowest BCUT2D eigenvalue weighted by Gasteiger charge is -2.21. The Hall–Kier alpha value is -0.110. The maximum absolute atomic E-state index is 11.8. The third-order valence-corrected chi connectivity index (χ3v) is 4.78. The standard InChI is InChI=1S/C14H23BrO/c1-4-11-6-8-14(16)13(11)7-5-12(9-15)10(2)3/h4,10-13H,1,5-9H2,2-3H3/t11-,12?,13+/m0/s1. The van der Waals surface area contributed by atoms with E-state index in [1.807, 2.05) is 6.08 Å². The molecule has 0 aromatic heterocycles. The Morgan fingerprint density at radius 1 is 1.56 bits per heavy atom. The monoisotopic (exact) mass is 286 g/mol. The minimum absolute atomic E-state index is 0.262. The zero-order chi connectivity index (χ0) is 12.1. The van der Waals surface area contributed by atoms with Crippen LogP contribution < -0.4 is 0 Å². The van der Waals surface area contributed by atoms with E-state index in [0.717, 1.165) is 31.0 Å². The van der Waals surface area contributed by atoms with Gasteiger partial charge in [0.05, 0.1) is 0 Å². The van der Waals surface area contributed by atoms with Crippen molar-refractivity contribution in [2.75, 3.05) is 5.33 Å². The van der Waals surface area contributed by atoms with Crippen LogP contribution in [-0.2, 0) is 4.79 Å². The Bertz CT molecular complexity index is 247. The predicted molar refractivity (Wildman–Crippen MR) is 72.8 cm³/mol. The van der Waals surface area contributed by atoms with Gasteiger partial charge in [0.2, 0.25) is 0 Å². The lowest BCUT2D eigenvalue weighted by molar-refractivity contribution is -0.121. The maximum Gasteiger partial charge on any atom is 0.136 e. The molecule has 0 aromatic carbocycles. The molecule has 0 radical (unpaired) electrons. The van der Waals surface area contributed by atoms with Crippen LogP contribution >= 0.6 is 15.9 Å². The molecule has 0 N–H and O–H groups in total. The van der Waals surface area contributed by atoms with Gasteiger partial charge in [0, 0.05) is 17.7 Å². The molecule has 0 spiro atoms. The fourth-order valence-electron chi connectivity index (χ4n) is 2.57. The highest BCUT2D eigenvalue weighted by molar-refractivity contribution is 9.09. The average molecular weight is 287 g/mol. The Labute approximate surface area is 108 Å². The molecule has 0 bridgehead atoms. The maximum atomic E-state index is 11.8. The first kappa shape index (κ1) is 14.0. The fourth-order valence-corrected chi connectivity index (χ4v) is 3.65. The molecule has 1 nitrogen and oxygen atoms in total. The number of ketones is 1. The van der Waals surface area contributed by atoms with Crippen molar-refractivity contribution in [1.82, 2.24) is 0 Å². The van der Waals surface area contributed by atoms with E-state index in [9.17, 15) is 4.79 Å². The number of hydrogen-bond donors (Lipinski definition) is 0. The number of carbonyl (C=O) groups is 1. The van der Waals surface area contributed by atoms with E-state index >= 15 is 0 Å². The van der Waals surface area contributed by atoms with Gasteiger partial charge in [0.1, 0.15) is 5.78 Å². The number of carbonyl (C=O) groups excluding carboxylic acids is 1. The zero-order valence-corrected chi connectivity index (χ0v) is 12.0. The van der Waals surface area contributed by atoms with Crippen molar-refractivity contribution in [3.05, 3.63) is 12.7 Å². The first-order valence-electron chi connectivity index (χ1n) is 6.31. The van der Waals surface area contributed by atoms with Gasteiger partial charge < -0.3 is 0 Å². The van der Waals surface area contributed by atoms with E-state index in [-0.39, 0.29) is 5.92 Å². The summed E-state index contributed by atoms with van der Waals surface area (Å²) in [6.45, 7) is 8.36. The molecule has 0 saturated heterocycles. The summed E-state index contributed by atoms with van der Waals surface area (Å²) in [6.07, 6.45) is 5.97. The van der Waals surface area contributed by atoms with Crippen LogP contribution in [0.25, 0.3) is 0 Å². The third kappa shape index (κ3) is 3.44. The number of Topliss-reactive ketones (excluding diaryl/α,β-unsaturated/α-hetero) is 1. The van der Waals surface area contributed by atoms with Crippen LogP contribution in [0.1, 0.15) is 39.5 Å². The van der Waals surface area contributed by atoms with E-state index in [0.29, 0.717) is 23.5 Å². The molecule has 92 valence electrons. The van der Waals surface area contributed by atoms with Crippen molar-refractivity contribution >= 4 is 21.7 Å². The summed E-state index contributed by atoms with van der Waals surface area (Å²) in [5, 5.41) is 1.05. The van der Waals surface area contributed by atoms with Gasteiger partial charge in [0.15, 0.2) is 0 Å². The molecular formula is C14H23BrO. The van der Waals surface area contributed by atoms with Gasteiger partial charge in [0.25, 0.3) is 0 Å². The molecular weight excluding hydrogens is 264 g/mol. The quantitative estimate of drug-likeness (QED) is 0.528. The summed E-state index contributed by atoms with van der Waals surface area (Å²) in [5.74, 6) is 2.55. The molecule has 0 aliphatic heterocycles. The first-order valence-corrected chi connectivity index (χ1v) is 7.43. The number of rotatable bonds is 6. The second-order valence-corrected chi connectivity index (χ2v) is 5.89. The molecule has 3 atom stereocenters. The molecule has 0 heterocycles. The molecule has 1 unspecified atom stereocenters. The number of hydrogen-bond acceptors (Lipinski definition) is 1. The second kappa shape index (κ2) is 6.58. The van der Waals surface area contributed by atoms with Crippen LogP contribution in [0.15, 0.2) is 12.7 Å².